The monoisotopic (exact) mass is 419 g/mol. The maximum absolute atomic E-state index is 12.5. The largest absolute Gasteiger partial charge is 0.480 e. The third-order valence-electron chi connectivity index (χ3n) is 4.89. The Morgan fingerprint density at radius 3 is 2.47 bits per heavy atom. The maximum Gasteiger partial charge on any atom is 0.410 e. The van der Waals surface area contributed by atoms with Crippen molar-refractivity contribution in [3.8, 4) is 0 Å². The third kappa shape index (κ3) is 7.61. The van der Waals surface area contributed by atoms with E-state index in [2.05, 4.69) is 10.3 Å². The Hall–Kier alpha value is -3.30. The van der Waals surface area contributed by atoms with E-state index < -0.39 is 18.1 Å². The number of hydrogen-bond donors (Lipinski definition) is 4. The highest BCUT2D eigenvalue weighted by atomic mass is 16.6. The topological polar surface area (TPSA) is 160 Å². The van der Waals surface area contributed by atoms with E-state index in [0.717, 1.165) is 5.56 Å². The predicted octanol–water partition coefficient (Wildman–Crippen LogP) is 0.658. The molecule has 6 N–H and O–H groups in total. The molecule has 10 nitrogen and oxygen atoms in total. The Morgan fingerprint density at radius 2 is 1.87 bits per heavy atom. The average Bonchev–Trinajstić information content (AvgIpc) is 2.74. The Bertz CT molecular complexity index is 743. The molecule has 30 heavy (non-hydrogen) atoms. The zero-order valence-electron chi connectivity index (χ0n) is 16.8. The zero-order valence-corrected chi connectivity index (χ0v) is 16.8. The molecule has 1 unspecified atom stereocenters. The van der Waals surface area contributed by atoms with Crippen LogP contribution in [0.1, 0.15) is 31.2 Å². The van der Waals surface area contributed by atoms with Crippen LogP contribution in [0.25, 0.3) is 0 Å². The van der Waals surface area contributed by atoms with Gasteiger partial charge in [0.1, 0.15) is 12.6 Å². The second-order valence-electron chi connectivity index (χ2n) is 7.15. The fourth-order valence-corrected chi connectivity index (χ4v) is 3.19. The number of piperidine rings is 1. The highest BCUT2D eigenvalue weighted by Gasteiger charge is 2.30. The number of rotatable bonds is 9. The SMILES string of the molecule is NC(N)=NCCCC(NC(=O)C1CCN(C(=O)OCc2ccccc2)CC1)C(=O)O. The number of aliphatic imine (C=N–C) groups is 1. The fraction of sp³-hybridized carbons (Fsp3) is 0.500. The number of amides is 2. The molecule has 2 amide bonds. The molecular weight excluding hydrogens is 390 g/mol. The minimum Gasteiger partial charge on any atom is -0.480 e. The first kappa shape index (κ1) is 23.0. The van der Waals surface area contributed by atoms with Gasteiger partial charge in [-0.1, -0.05) is 30.3 Å². The van der Waals surface area contributed by atoms with Gasteiger partial charge in [0.15, 0.2) is 5.96 Å². The molecule has 1 aliphatic heterocycles. The predicted molar refractivity (Wildman–Crippen MR) is 110 cm³/mol. The van der Waals surface area contributed by atoms with E-state index in [0.29, 0.717) is 38.9 Å². The number of carboxylic acids is 1. The summed E-state index contributed by atoms with van der Waals surface area (Å²) in [5.41, 5.74) is 11.4. The summed E-state index contributed by atoms with van der Waals surface area (Å²) in [6.45, 7) is 1.26. The number of hydrogen-bond acceptors (Lipinski definition) is 5. The van der Waals surface area contributed by atoms with Gasteiger partial charge in [-0.25, -0.2) is 9.59 Å². The molecule has 2 rings (SSSR count). The van der Waals surface area contributed by atoms with Gasteiger partial charge in [0.2, 0.25) is 5.91 Å². The van der Waals surface area contributed by atoms with Crippen LogP contribution in [-0.4, -0.2) is 59.6 Å². The number of benzene rings is 1. The average molecular weight is 419 g/mol. The molecule has 1 saturated heterocycles. The van der Waals surface area contributed by atoms with Gasteiger partial charge >= 0.3 is 12.1 Å². The number of carbonyl (C=O) groups excluding carboxylic acids is 2. The lowest BCUT2D eigenvalue weighted by Gasteiger charge is -2.31. The lowest BCUT2D eigenvalue weighted by atomic mass is 9.95. The first-order valence-electron chi connectivity index (χ1n) is 9.91. The van der Waals surface area contributed by atoms with Crippen molar-refractivity contribution in [3.63, 3.8) is 0 Å². The molecule has 1 heterocycles. The van der Waals surface area contributed by atoms with Gasteiger partial charge in [-0.15, -0.1) is 0 Å². The van der Waals surface area contributed by atoms with Crippen molar-refractivity contribution in [2.45, 2.75) is 38.3 Å². The molecule has 1 aromatic carbocycles. The minimum absolute atomic E-state index is 0.0556. The van der Waals surface area contributed by atoms with E-state index in [1.165, 1.54) is 0 Å². The van der Waals surface area contributed by atoms with Gasteiger partial charge in [0, 0.05) is 25.6 Å². The van der Waals surface area contributed by atoms with Crippen LogP contribution in [0.2, 0.25) is 0 Å². The summed E-state index contributed by atoms with van der Waals surface area (Å²) >= 11 is 0. The van der Waals surface area contributed by atoms with Crippen LogP contribution in [0.5, 0.6) is 0 Å². The van der Waals surface area contributed by atoms with Crippen LogP contribution in [0, 0.1) is 5.92 Å². The van der Waals surface area contributed by atoms with Crippen LogP contribution < -0.4 is 16.8 Å². The number of likely N-dealkylation sites (tertiary alicyclic amines) is 1. The van der Waals surface area contributed by atoms with E-state index in [9.17, 15) is 19.5 Å². The summed E-state index contributed by atoms with van der Waals surface area (Å²) < 4.78 is 5.31. The van der Waals surface area contributed by atoms with Crippen molar-refractivity contribution in [2.24, 2.45) is 22.4 Å². The van der Waals surface area contributed by atoms with E-state index >= 15 is 0 Å². The molecule has 0 spiro atoms. The van der Waals surface area contributed by atoms with E-state index in [4.69, 9.17) is 16.2 Å². The Kier molecular flexibility index (Phi) is 8.92. The molecule has 0 saturated carbocycles. The lowest BCUT2D eigenvalue weighted by molar-refractivity contribution is -0.143. The van der Waals surface area contributed by atoms with E-state index in [1.807, 2.05) is 30.3 Å². The fourth-order valence-electron chi connectivity index (χ4n) is 3.19. The molecule has 1 aromatic rings. The van der Waals surface area contributed by atoms with E-state index in [-0.39, 0.29) is 30.8 Å². The van der Waals surface area contributed by atoms with Gasteiger partial charge in [-0.05, 0) is 31.2 Å². The van der Waals surface area contributed by atoms with E-state index in [1.54, 1.807) is 4.90 Å². The van der Waals surface area contributed by atoms with Crippen LogP contribution in [-0.2, 0) is 20.9 Å². The smallest absolute Gasteiger partial charge is 0.410 e. The molecule has 1 fully saturated rings. The Balaban J connectivity index is 1.74. The quantitative estimate of drug-likeness (QED) is 0.260. The summed E-state index contributed by atoms with van der Waals surface area (Å²) in [5.74, 6) is -1.82. The Labute approximate surface area is 175 Å². The minimum atomic E-state index is -1.10. The highest BCUT2D eigenvalue weighted by Crippen LogP contribution is 2.19. The number of aliphatic carboxylic acids is 1. The van der Waals surface area contributed by atoms with Crippen LogP contribution in [0.15, 0.2) is 35.3 Å². The second kappa shape index (κ2) is 11.6. The van der Waals surface area contributed by atoms with Gasteiger partial charge in [-0.3, -0.25) is 9.79 Å². The molecule has 0 aliphatic carbocycles. The third-order valence-corrected chi connectivity index (χ3v) is 4.89. The molecule has 1 aliphatic rings. The summed E-state index contributed by atoms with van der Waals surface area (Å²) in [7, 11) is 0. The van der Waals surface area contributed by atoms with Crippen LogP contribution in [0.4, 0.5) is 4.79 Å². The first-order valence-corrected chi connectivity index (χ1v) is 9.91. The first-order chi connectivity index (χ1) is 14.4. The maximum atomic E-state index is 12.5. The number of carbonyl (C=O) groups is 3. The van der Waals surface area contributed by atoms with Crippen LogP contribution in [0.3, 0.4) is 0 Å². The summed E-state index contributed by atoms with van der Waals surface area (Å²) in [5, 5.41) is 11.9. The molecule has 1 atom stereocenters. The van der Waals surface area contributed by atoms with Crippen LogP contribution >= 0.6 is 0 Å². The van der Waals surface area contributed by atoms with Crippen molar-refractivity contribution >= 4 is 23.9 Å². The number of nitrogens with two attached hydrogens (primary N) is 2. The molecule has 0 bridgehead atoms. The summed E-state index contributed by atoms with van der Waals surface area (Å²) in [4.78, 5) is 41.4. The van der Waals surface area contributed by atoms with Gasteiger partial charge in [-0.2, -0.15) is 0 Å². The highest BCUT2D eigenvalue weighted by molar-refractivity contribution is 5.85. The second-order valence-corrected chi connectivity index (χ2v) is 7.15. The zero-order chi connectivity index (χ0) is 21.9. The summed E-state index contributed by atoms with van der Waals surface area (Å²) in [6, 6.07) is 8.39. The van der Waals surface area contributed by atoms with Gasteiger partial charge in [0.05, 0.1) is 0 Å². The van der Waals surface area contributed by atoms with Crippen molar-refractivity contribution in [2.75, 3.05) is 19.6 Å². The number of nitrogens with zero attached hydrogens (tertiary/aromatic N) is 2. The van der Waals surface area contributed by atoms with Crippen molar-refractivity contribution in [1.82, 2.24) is 10.2 Å². The van der Waals surface area contributed by atoms with Crippen molar-refractivity contribution in [1.29, 1.82) is 0 Å². The van der Waals surface area contributed by atoms with Gasteiger partial charge in [0.25, 0.3) is 0 Å². The number of carboxylic acid groups (broad SMARTS) is 1. The van der Waals surface area contributed by atoms with Crippen molar-refractivity contribution < 1.29 is 24.2 Å². The molecule has 164 valence electrons. The number of guanidine groups is 1. The van der Waals surface area contributed by atoms with Gasteiger partial charge < -0.3 is 31.5 Å². The molecule has 10 heteroatoms. The molecular formula is C20H29N5O5. The standard InChI is InChI=1S/C20H29N5O5/c21-19(22)23-10-4-7-16(18(27)28)24-17(26)15-8-11-25(12-9-15)20(29)30-13-14-5-2-1-3-6-14/h1-3,5-6,15-16H,4,7-13H2,(H,24,26)(H,27,28)(H4,21,22,23). The summed E-state index contributed by atoms with van der Waals surface area (Å²) in [6.07, 6.45) is 1.14. The number of ether oxygens (including phenoxy) is 1. The lowest BCUT2D eigenvalue weighted by Crippen LogP contribution is -2.47. The molecule has 0 aromatic heterocycles. The molecule has 0 radical (unpaired) electrons. The van der Waals surface area contributed by atoms with Crippen molar-refractivity contribution in [3.05, 3.63) is 35.9 Å². The number of nitrogens with one attached hydrogen (secondary N) is 1. The Morgan fingerprint density at radius 1 is 1.20 bits per heavy atom. The normalized spacial score (nSPS) is 15.1.